The molecule has 0 aromatic rings. The first kappa shape index (κ1) is 150. The molecule has 10 nitrogen and oxygen atoms in total. The largest absolute Gasteiger partial charge is 0.457 e. The van der Waals surface area contributed by atoms with Gasteiger partial charge < -0.3 is 21.9 Å². The standard InChI is InChI=1S/2CO2.2CO.CH4.CH3.4H2O.H2/c2*2-1-3;2*1-2;;;;;;;/h;;;;1H4;1H3;4*1H2;1H/q;;;;;+1;;;;;/p+1. The van der Waals surface area contributed by atoms with Gasteiger partial charge in [0.05, 0.1) is 0 Å². The van der Waals surface area contributed by atoms with E-state index in [2.05, 4.69) is 13.3 Å². The molecule has 0 saturated heterocycles. The monoisotopic (exact) mass is 250 g/mol. The SMILES string of the molecule is C.O.O.O.O=C=O.O=C=O.[C-]#[O+].[C-]#[O+].[CH3+].[HH].[OH3+]. The Morgan fingerprint density at radius 3 is 0.750 bits per heavy atom. The van der Waals surface area contributed by atoms with Gasteiger partial charge >= 0.3 is 34.9 Å². The van der Waals surface area contributed by atoms with E-state index in [0.29, 0.717) is 0 Å². The molecule has 9 N–H and O–H groups in total. The first-order valence-electron chi connectivity index (χ1n) is 1.22. The van der Waals surface area contributed by atoms with Crippen molar-refractivity contribution < 1.29 is 51.8 Å². The van der Waals surface area contributed by atoms with Crippen LogP contribution in [0.1, 0.15) is 8.85 Å². The molecule has 0 radical (unpaired) electrons. The zero-order chi connectivity index (χ0) is 9.41. The van der Waals surface area contributed by atoms with Gasteiger partial charge in [-0.05, 0) is 0 Å². The molecule has 0 aliphatic rings. The van der Waals surface area contributed by atoms with Crippen LogP contribution in [-0.2, 0) is 34.0 Å². The molecule has 0 unspecified atom stereocenters. The van der Waals surface area contributed by atoms with E-state index in [4.69, 9.17) is 28.5 Å². The molecule has 0 amide bonds. The minimum Gasteiger partial charge on any atom is -0.457 e. The summed E-state index contributed by atoms with van der Waals surface area (Å²) in [4.78, 5) is 32.5. The van der Waals surface area contributed by atoms with Gasteiger partial charge in [0.15, 0.2) is 0 Å². The Kier molecular flexibility index (Phi) is 6930000. The second-order valence-electron chi connectivity index (χ2n) is 0.167. The van der Waals surface area contributed by atoms with Crippen LogP contribution in [0, 0.1) is 20.7 Å². The van der Waals surface area contributed by atoms with Gasteiger partial charge in [-0.3, -0.25) is 0 Å². The van der Waals surface area contributed by atoms with Crippen molar-refractivity contribution in [3.05, 3.63) is 20.7 Å². The Hall–Kier alpha value is -2.05. The smallest absolute Gasteiger partial charge is 0.0467 e. The molecule has 0 bridgehead atoms. The summed E-state index contributed by atoms with van der Waals surface area (Å²) >= 11 is 0. The van der Waals surface area contributed by atoms with Crippen molar-refractivity contribution in [3.8, 4) is 0 Å². The molecule has 0 aromatic carbocycles. The van der Waals surface area contributed by atoms with Crippen molar-refractivity contribution in [1.82, 2.24) is 0 Å². The van der Waals surface area contributed by atoms with Gasteiger partial charge in [0.25, 0.3) is 0 Å². The minimum atomic E-state index is 0. The zero-order valence-corrected chi connectivity index (χ0v) is 7.53. The summed E-state index contributed by atoms with van der Waals surface area (Å²) in [5.74, 6) is 0. The molecule has 10 heteroatoms. The maximum Gasteiger partial charge on any atom is 0.0467 e. The third kappa shape index (κ3) is 341. The Morgan fingerprint density at radius 1 is 0.750 bits per heavy atom. The van der Waals surface area contributed by atoms with E-state index in [1.165, 1.54) is 0 Å². The van der Waals surface area contributed by atoms with Crippen LogP contribution in [0.2, 0.25) is 0 Å². The van der Waals surface area contributed by atoms with Crippen LogP contribution in [0.3, 0.4) is 0 Å². The average Bonchev–Trinajstić information content (AvgIpc) is 1.99. The van der Waals surface area contributed by atoms with Gasteiger partial charge in [-0.1, -0.05) is 7.43 Å². The Labute approximate surface area is 93.4 Å². The van der Waals surface area contributed by atoms with Crippen molar-refractivity contribution in [2.24, 2.45) is 0 Å². The quantitative estimate of drug-likeness (QED) is 0.316. The van der Waals surface area contributed by atoms with E-state index < -0.39 is 0 Å². The molecule has 0 aliphatic carbocycles. The fourth-order valence-corrected chi connectivity index (χ4v) is 0. The second kappa shape index (κ2) is 740000. The first-order valence-corrected chi connectivity index (χ1v) is 1.22. The second-order valence-corrected chi connectivity index (χ2v) is 0.167. The molecule has 16 heavy (non-hydrogen) atoms. The fraction of sp³-hybridized carbons (Fsp3) is 0.167. The summed E-state index contributed by atoms with van der Waals surface area (Å²) in [5.41, 5.74) is 0. The molecule has 0 fully saturated rings. The first-order chi connectivity index (χ1) is 4.83. The van der Waals surface area contributed by atoms with Crippen molar-refractivity contribution in [1.29, 1.82) is 0 Å². The third-order valence-electron chi connectivity index (χ3n) is 0. The Balaban J connectivity index is -0.00000000279. The van der Waals surface area contributed by atoms with Crippen LogP contribution in [0.4, 0.5) is 0 Å². The molecule has 0 aromatic heterocycles. The number of rotatable bonds is 0. The van der Waals surface area contributed by atoms with Crippen molar-refractivity contribution in [3.63, 3.8) is 0 Å². The van der Waals surface area contributed by atoms with Crippen molar-refractivity contribution in [2.45, 2.75) is 7.43 Å². The third-order valence-corrected chi connectivity index (χ3v) is 0. The zero-order valence-electron chi connectivity index (χ0n) is 7.53. The Bertz CT molecular complexity index is 123. The summed E-state index contributed by atoms with van der Waals surface area (Å²) in [6.45, 7) is 9.00. The molecular formula is C6H18O10+2. The van der Waals surface area contributed by atoms with Gasteiger partial charge in [-0.15, -0.1) is 0 Å². The summed E-state index contributed by atoms with van der Waals surface area (Å²) in [5, 5.41) is 0. The molecule has 0 aliphatic heterocycles. The van der Waals surface area contributed by atoms with Crippen LogP contribution in [0.25, 0.3) is 0 Å². The van der Waals surface area contributed by atoms with E-state index >= 15 is 0 Å². The predicted octanol–water partition coefficient (Wildman–Crippen LogP) is -3.31. The molecule has 0 rings (SSSR count). The summed E-state index contributed by atoms with van der Waals surface area (Å²) in [7, 11) is 0. The number of carbonyl (C=O) groups excluding carboxylic acids is 4. The van der Waals surface area contributed by atoms with E-state index in [0.717, 1.165) is 0 Å². The molecule has 0 atom stereocenters. The van der Waals surface area contributed by atoms with Gasteiger partial charge in [0.2, 0.25) is 0 Å². The molecule has 0 saturated carbocycles. The van der Waals surface area contributed by atoms with Crippen LogP contribution in [0.15, 0.2) is 0 Å². The van der Waals surface area contributed by atoms with E-state index in [1.807, 2.05) is 0 Å². The van der Waals surface area contributed by atoms with E-state index in [-0.39, 0.29) is 50.5 Å². The van der Waals surface area contributed by atoms with Crippen LogP contribution in [-0.4, -0.2) is 28.7 Å². The average molecular weight is 250 g/mol. The summed E-state index contributed by atoms with van der Waals surface area (Å²) < 4.78 is 15.0. The maximum absolute atomic E-state index is 8.12. The van der Waals surface area contributed by atoms with E-state index in [1.54, 1.807) is 0 Å². The van der Waals surface area contributed by atoms with Crippen LogP contribution >= 0.6 is 0 Å². The Morgan fingerprint density at radius 2 is 0.750 bits per heavy atom. The molecule has 0 heterocycles. The number of hydrogen-bond acceptors (Lipinski definition) is 4. The van der Waals surface area contributed by atoms with Crippen LogP contribution < -0.4 is 0 Å². The normalized spacial score (nSPS) is 1.25. The summed E-state index contributed by atoms with van der Waals surface area (Å²) in [6.07, 6.45) is 0.500. The van der Waals surface area contributed by atoms with Gasteiger partial charge in [0.1, 0.15) is 0 Å². The molecule has 100 valence electrons. The molecule has 0 spiro atoms. The predicted molar refractivity (Wildman–Crippen MR) is 48.8 cm³/mol. The summed E-state index contributed by atoms with van der Waals surface area (Å²) in [6, 6.07) is 0. The van der Waals surface area contributed by atoms with Gasteiger partial charge in [-0.2, -0.15) is 19.2 Å². The fourth-order valence-electron chi connectivity index (χ4n) is 0. The maximum atomic E-state index is 8.12. The minimum absolute atomic E-state index is 0. The van der Waals surface area contributed by atoms with Crippen molar-refractivity contribution >= 4 is 12.3 Å². The topological polar surface area (TPSA) is 236 Å². The van der Waals surface area contributed by atoms with Crippen LogP contribution in [0.5, 0.6) is 0 Å². The number of hydrogen-bond donors (Lipinski definition) is 0. The molecular weight excluding hydrogens is 232 g/mol. The van der Waals surface area contributed by atoms with Gasteiger partial charge in [-0.25, -0.2) is 0 Å². The van der Waals surface area contributed by atoms with E-state index in [9.17, 15) is 0 Å². The van der Waals surface area contributed by atoms with Gasteiger partial charge in [0, 0.05) is 8.85 Å². The van der Waals surface area contributed by atoms with Crippen molar-refractivity contribution in [2.75, 3.05) is 0 Å².